The molecule has 1 amide bonds. The summed E-state index contributed by atoms with van der Waals surface area (Å²) in [5, 5.41) is 7.14. The highest BCUT2D eigenvalue weighted by molar-refractivity contribution is 7.10. The fraction of sp³-hybridized carbons (Fsp3) is 0. The number of hydrogen-bond acceptors (Lipinski definition) is 5. The van der Waals surface area contributed by atoms with Crippen LogP contribution in [0.4, 0.5) is 10.7 Å². The Morgan fingerprint density at radius 2 is 2.31 bits per heavy atom. The number of anilines is 2. The number of nitrogens with two attached hydrogens (primary N) is 1. The summed E-state index contributed by atoms with van der Waals surface area (Å²) in [5.74, 6) is -0.328. The smallest absolute Gasteiger partial charge is 0.258 e. The maximum atomic E-state index is 11.8. The summed E-state index contributed by atoms with van der Waals surface area (Å²) in [6.07, 6.45) is 1.46. The average Bonchev–Trinajstić information content (AvgIpc) is 2.74. The fourth-order valence-electron chi connectivity index (χ4n) is 1.14. The number of rotatable bonds is 2. The lowest BCUT2D eigenvalue weighted by Crippen LogP contribution is -2.13. The van der Waals surface area contributed by atoms with Crippen molar-refractivity contribution >= 4 is 39.7 Å². The fourth-order valence-corrected chi connectivity index (χ4v) is 1.73. The van der Waals surface area contributed by atoms with Crippen molar-refractivity contribution < 1.29 is 4.79 Å². The third kappa shape index (κ3) is 2.12. The van der Waals surface area contributed by atoms with Gasteiger partial charge in [-0.2, -0.15) is 0 Å². The summed E-state index contributed by atoms with van der Waals surface area (Å²) in [6, 6.07) is 4.89. The zero-order chi connectivity index (χ0) is 11.5. The number of nitrogens with one attached hydrogen (secondary N) is 1. The number of carbonyl (C=O) groups excluding carboxylic acids is 1. The predicted octanol–water partition coefficient (Wildman–Crippen LogP) is 2.03. The van der Waals surface area contributed by atoms with Crippen LogP contribution in [0.1, 0.15) is 10.4 Å². The zero-order valence-corrected chi connectivity index (χ0v) is 9.55. The Balaban J connectivity index is 2.24. The second-order valence-electron chi connectivity index (χ2n) is 2.94. The van der Waals surface area contributed by atoms with E-state index >= 15 is 0 Å². The highest BCUT2D eigenvalue weighted by atomic mass is 35.5. The Kier molecular flexibility index (Phi) is 3.02. The predicted molar refractivity (Wildman–Crippen MR) is 63.7 cm³/mol. The summed E-state index contributed by atoms with van der Waals surface area (Å²) in [7, 11) is 0. The molecule has 2 aromatic rings. The molecule has 0 fully saturated rings. The van der Waals surface area contributed by atoms with Gasteiger partial charge in [-0.05, 0) is 12.1 Å². The third-order valence-electron chi connectivity index (χ3n) is 1.90. The Hall–Kier alpha value is -1.66. The van der Waals surface area contributed by atoms with Crippen molar-refractivity contribution in [2.24, 2.45) is 0 Å². The van der Waals surface area contributed by atoms with Crippen LogP contribution in [0.25, 0.3) is 0 Å². The number of carbonyl (C=O) groups is 1. The standard InChI is InChI=1S/C9H7ClN4OS/c10-6-3-1-2-5(8(6)11)9(15)13-7-4-12-14-16-7/h1-4H,11H2,(H,13,15). The Bertz CT molecular complexity index is 514. The molecule has 0 atom stereocenters. The molecular weight excluding hydrogens is 248 g/mol. The SMILES string of the molecule is Nc1c(Cl)cccc1C(=O)Nc1cnns1. The molecule has 0 aliphatic rings. The largest absolute Gasteiger partial charge is 0.397 e. The van der Waals surface area contributed by atoms with E-state index in [0.717, 1.165) is 11.5 Å². The first-order chi connectivity index (χ1) is 7.68. The normalized spacial score (nSPS) is 10.1. The van der Waals surface area contributed by atoms with E-state index in [0.29, 0.717) is 15.6 Å². The number of amides is 1. The minimum atomic E-state index is -0.328. The summed E-state index contributed by atoms with van der Waals surface area (Å²) in [5.41, 5.74) is 6.29. The minimum absolute atomic E-state index is 0.263. The van der Waals surface area contributed by atoms with Crippen LogP contribution < -0.4 is 11.1 Å². The van der Waals surface area contributed by atoms with Crippen LogP contribution in [-0.4, -0.2) is 15.5 Å². The number of hydrogen-bond donors (Lipinski definition) is 2. The van der Waals surface area contributed by atoms with Crippen molar-refractivity contribution in [2.45, 2.75) is 0 Å². The van der Waals surface area contributed by atoms with Crippen LogP contribution in [0.3, 0.4) is 0 Å². The van der Waals surface area contributed by atoms with Gasteiger partial charge in [0.1, 0.15) is 5.00 Å². The number of nitrogens with zero attached hydrogens (tertiary/aromatic N) is 2. The van der Waals surface area contributed by atoms with Gasteiger partial charge in [0.2, 0.25) is 0 Å². The van der Waals surface area contributed by atoms with Gasteiger partial charge >= 0.3 is 0 Å². The maximum Gasteiger partial charge on any atom is 0.258 e. The van der Waals surface area contributed by atoms with Gasteiger partial charge in [-0.25, -0.2) is 0 Å². The molecule has 0 unspecified atom stereocenters. The first kappa shape index (κ1) is 10.8. The molecule has 0 saturated carbocycles. The molecule has 1 aromatic heterocycles. The number of halogens is 1. The summed E-state index contributed by atoms with van der Waals surface area (Å²) >= 11 is 6.90. The second kappa shape index (κ2) is 4.46. The Morgan fingerprint density at radius 3 is 3.00 bits per heavy atom. The van der Waals surface area contributed by atoms with Gasteiger partial charge in [0.25, 0.3) is 5.91 Å². The van der Waals surface area contributed by atoms with E-state index in [1.165, 1.54) is 6.20 Å². The highest BCUT2D eigenvalue weighted by Gasteiger charge is 2.12. The molecule has 0 saturated heterocycles. The molecule has 0 aliphatic heterocycles. The maximum absolute atomic E-state index is 11.8. The van der Waals surface area contributed by atoms with Crippen molar-refractivity contribution in [3.63, 3.8) is 0 Å². The van der Waals surface area contributed by atoms with E-state index < -0.39 is 0 Å². The molecule has 3 N–H and O–H groups in total. The minimum Gasteiger partial charge on any atom is -0.397 e. The monoisotopic (exact) mass is 254 g/mol. The van der Waals surface area contributed by atoms with Crippen LogP contribution in [-0.2, 0) is 0 Å². The van der Waals surface area contributed by atoms with Crippen LogP contribution in [0.15, 0.2) is 24.4 Å². The van der Waals surface area contributed by atoms with E-state index in [1.807, 2.05) is 0 Å². The molecule has 82 valence electrons. The first-order valence-corrected chi connectivity index (χ1v) is 5.46. The van der Waals surface area contributed by atoms with Crippen molar-refractivity contribution in [1.29, 1.82) is 0 Å². The average molecular weight is 255 g/mol. The Morgan fingerprint density at radius 1 is 1.50 bits per heavy atom. The quantitative estimate of drug-likeness (QED) is 0.804. The van der Waals surface area contributed by atoms with Gasteiger partial charge in [0.15, 0.2) is 0 Å². The highest BCUT2D eigenvalue weighted by Crippen LogP contribution is 2.23. The molecule has 0 spiro atoms. The second-order valence-corrected chi connectivity index (χ2v) is 4.13. The van der Waals surface area contributed by atoms with E-state index in [4.69, 9.17) is 17.3 Å². The molecule has 2 rings (SSSR count). The number of para-hydroxylation sites is 1. The van der Waals surface area contributed by atoms with Gasteiger partial charge in [0, 0.05) is 11.5 Å². The van der Waals surface area contributed by atoms with Crippen molar-refractivity contribution in [1.82, 2.24) is 9.59 Å². The number of aromatic nitrogens is 2. The molecule has 0 radical (unpaired) electrons. The van der Waals surface area contributed by atoms with Gasteiger partial charge in [0.05, 0.1) is 22.5 Å². The van der Waals surface area contributed by atoms with Gasteiger partial charge in [-0.1, -0.05) is 22.2 Å². The van der Waals surface area contributed by atoms with Gasteiger partial charge < -0.3 is 11.1 Å². The molecular formula is C9H7ClN4OS. The molecule has 0 bridgehead atoms. The number of nitrogen functional groups attached to an aromatic ring is 1. The Labute approximate surface area is 100 Å². The molecule has 16 heavy (non-hydrogen) atoms. The van der Waals surface area contributed by atoms with E-state index in [1.54, 1.807) is 18.2 Å². The summed E-state index contributed by atoms with van der Waals surface area (Å²) in [4.78, 5) is 11.8. The molecule has 5 nitrogen and oxygen atoms in total. The lowest BCUT2D eigenvalue weighted by Gasteiger charge is -2.06. The molecule has 1 heterocycles. The number of benzene rings is 1. The van der Waals surface area contributed by atoms with E-state index in [9.17, 15) is 4.79 Å². The topological polar surface area (TPSA) is 80.9 Å². The third-order valence-corrected chi connectivity index (χ3v) is 2.81. The first-order valence-electron chi connectivity index (χ1n) is 4.31. The van der Waals surface area contributed by atoms with Crippen molar-refractivity contribution in [2.75, 3.05) is 11.1 Å². The van der Waals surface area contributed by atoms with E-state index in [-0.39, 0.29) is 11.6 Å². The van der Waals surface area contributed by atoms with Crippen LogP contribution in [0.5, 0.6) is 0 Å². The van der Waals surface area contributed by atoms with Gasteiger partial charge in [-0.15, -0.1) is 5.10 Å². The molecule has 0 aliphatic carbocycles. The van der Waals surface area contributed by atoms with Crippen molar-refractivity contribution in [3.05, 3.63) is 35.0 Å². The summed E-state index contributed by atoms with van der Waals surface area (Å²) in [6.45, 7) is 0. The van der Waals surface area contributed by atoms with Crippen LogP contribution in [0, 0.1) is 0 Å². The van der Waals surface area contributed by atoms with E-state index in [2.05, 4.69) is 14.9 Å². The molecule has 1 aromatic carbocycles. The van der Waals surface area contributed by atoms with Crippen molar-refractivity contribution in [3.8, 4) is 0 Å². The summed E-state index contributed by atoms with van der Waals surface area (Å²) < 4.78 is 3.63. The lowest BCUT2D eigenvalue weighted by molar-refractivity contribution is 0.102. The van der Waals surface area contributed by atoms with Crippen LogP contribution >= 0.6 is 23.1 Å². The zero-order valence-electron chi connectivity index (χ0n) is 7.98. The van der Waals surface area contributed by atoms with Gasteiger partial charge in [-0.3, -0.25) is 4.79 Å². The van der Waals surface area contributed by atoms with Crippen LogP contribution in [0.2, 0.25) is 5.02 Å². The lowest BCUT2D eigenvalue weighted by atomic mass is 10.1. The molecule has 7 heteroatoms.